The van der Waals surface area contributed by atoms with Crippen LogP contribution in [0.1, 0.15) is 0 Å². The summed E-state index contributed by atoms with van der Waals surface area (Å²) >= 11 is 0. The molecule has 0 fully saturated rings. The van der Waals surface area contributed by atoms with E-state index in [0.29, 0.717) is 0 Å². The van der Waals surface area contributed by atoms with Crippen LogP contribution in [0.2, 0.25) is 0 Å². The highest BCUT2D eigenvalue weighted by Crippen LogP contribution is 2.46. The standard InChI is InChI=1S/C52H34N2O/c1-3-12-35(13-4-1)36-22-24-37(25-23-36)38-26-29-41(30-27-38)53(48-20-11-21-50-51(48)46-32-28-39-14-7-8-17-43(39)52(46)55-50)42-31-33-45-44-18-9-10-19-47(44)54(49(45)34-42)40-15-5-2-6-16-40/h1-34H. The maximum atomic E-state index is 6.70. The predicted octanol–water partition coefficient (Wildman–Crippen LogP) is 14.6. The molecular formula is C52H34N2O. The Hall–Kier alpha value is -7.36. The van der Waals surface area contributed by atoms with Gasteiger partial charge in [-0.3, -0.25) is 0 Å². The first-order valence-corrected chi connectivity index (χ1v) is 18.8. The van der Waals surface area contributed by atoms with E-state index in [1.165, 1.54) is 43.9 Å². The summed E-state index contributed by atoms with van der Waals surface area (Å²) in [6.45, 7) is 0. The molecule has 0 unspecified atom stereocenters. The fourth-order valence-corrected chi connectivity index (χ4v) is 8.39. The van der Waals surface area contributed by atoms with E-state index >= 15 is 0 Å². The quantitative estimate of drug-likeness (QED) is 0.172. The van der Waals surface area contributed by atoms with E-state index < -0.39 is 0 Å². The van der Waals surface area contributed by atoms with E-state index in [1.54, 1.807) is 0 Å². The van der Waals surface area contributed by atoms with Crippen LogP contribution in [-0.4, -0.2) is 4.57 Å². The second-order valence-electron chi connectivity index (χ2n) is 14.1. The van der Waals surface area contributed by atoms with Gasteiger partial charge in [0, 0.05) is 38.6 Å². The Kier molecular flexibility index (Phi) is 7.17. The molecule has 2 heterocycles. The minimum atomic E-state index is 0.864. The topological polar surface area (TPSA) is 21.3 Å². The predicted molar refractivity (Wildman–Crippen MR) is 231 cm³/mol. The summed E-state index contributed by atoms with van der Waals surface area (Å²) in [6.07, 6.45) is 0. The summed E-state index contributed by atoms with van der Waals surface area (Å²) in [4.78, 5) is 2.39. The molecule has 11 aromatic rings. The summed E-state index contributed by atoms with van der Waals surface area (Å²) in [6, 6.07) is 73.9. The van der Waals surface area contributed by atoms with E-state index in [9.17, 15) is 0 Å². The van der Waals surface area contributed by atoms with Crippen LogP contribution in [0.5, 0.6) is 0 Å². The van der Waals surface area contributed by atoms with Gasteiger partial charge in [0.25, 0.3) is 0 Å². The number of fused-ring (bicyclic) bond motifs is 8. The van der Waals surface area contributed by atoms with Crippen molar-refractivity contribution >= 4 is 71.6 Å². The van der Waals surface area contributed by atoms with Crippen molar-refractivity contribution in [1.29, 1.82) is 0 Å². The minimum Gasteiger partial charge on any atom is -0.455 e. The van der Waals surface area contributed by atoms with Gasteiger partial charge >= 0.3 is 0 Å². The lowest BCUT2D eigenvalue weighted by atomic mass is 10.00. The summed E-state index contributed by atoms with van der Waals surface area (Å²) in [7, 11) is 0. The third-order valence-electron chi connectivity index (χ3n) is 11.0. The number of para-hydroxylation sites is 2. The van der Waals surface area contributed by atoms with Crippen LogP contribution >= 0.6 is 0 Å². The van der Waals surface area contributed by atoms with Gasteiger partial charge in [0.1, 0.15) is 11.2 Å². The molecule has 3 nitrogen and oxygen atoms in total. The molecular weight excluding hydrogens is 669 g/mol. The third-order valence-corrected chi connectivity index (χ3v) is 11.0. The van der Waals surface area contributed by atoms with Crippen LogP contribution in [0, 0.1) is 0 Å². The van der Waals surface area contributed by atoms with Gasteiger partial charge in [0.2, 0.25) is 0 Å². The Bertz CT molecular complexity index is 3180. The van der Waals surface area contributed by atoms with E-state index in [0.717, 1.165) is 55.6 Å². The van der Waals surface area contributed by atoms with Crippen LogP contribution < -0.4 is 4.90 Å². The number of aromatic nitrogens is 1. The SMILES string of the molecule is c1ccc(-c2ccc(-c3ccc(N(c4ccc5c6ccccc6n(-c6ccccc6)c5c4)c4cccc5oc6c7ccccc7ccc6c45)cc3)cc2)cc1. The lowest BCUT2D eigenvalue weighted by Gasteiger charge is -2.27. The van der Waals surface area contributed by atoms with E-state index in [-0.39, 0.29) is 0 Å². The maximum Gasteiger partial charge on any atom is 0.143 e. The molecule has 0 aliphatic rings. The van der Waals surface area contributed by atoms with Gasteiger partial charge in [-0.1, -0.05) is 146 Å². The molecule has 3 heteroatoms. The van der Waals surface area contributed by atoms with Crippen LogP contribution in [-0.2, 0) is 0 Å². The Morgan fingerprint density at radius 1 is 0.382 bits per heavy atom. The lowest BCUT2D eigenvalue weighted by molar-refractivity contribution is 0.672. The Balaban J connectivity index is 1.12. The molecule has 11 rings (SSSR count). The zero-order valence-electron chi connectivity index (χ0n) is 29.9. The summed E-state index contributed by atoms with van der Waals surface area (Å²) < 4.78 is 9.09. The van der Waals surface area contributed by atoms with Crippen molar-refractivity contribution in [3.8, 4) is 27.9 Å². The van der Waals surface area contributed by atoms with Crippen LogP contribution in [0.15, 0.2) is 211 Å². The highest BCUT2D eigenvalue weighted by atomic mass is 16.3. The van der Waals surface area contributed by atoms with E-state index in [1.807, 2.05) is 0 Å². The molecule has 0 aliphatic heterocycles. The number of hydrogen-bond donors (Lipinski definition) is 0. The van der Waals surface area contributed by atoms with Gasteiger partial charge in [-0.2, -0.15) is 0 Å². The molecule has 2 aromatic heterocycles. The monoisotopic (exact) mass is 702 g/mol. The van der Waals surface area contributed by atoms with Gasteiger partial charge in [-0.15, -0.1) is 0 Å². The number of hydrogen-bond acceptors (Lipinski definition) is 2. The molecule has 9 aromatic carbocycles. The molecule has 0 amide bonds. The second-order valence-corrected chi connectivity index (χ2v) is 14.1. The van der Waals surface area contributed by atoms with Crippen molar-refractivity contribution in [2.24, 2.45) is 0 Å². The minimum absolute atomic E-state index is 0.864. The van der Waals surface area contributed by atoms with Gasteiger partial charge in [0.15, 0.2) is 0 Å². The van der Waals surface area contributed by atoms with Gasteiger partial charge in [-0.25, -0.2) is 0 Å². The largest absolute Gasteiger partial charge is 0.455 e. The number of anilines is 3. The van der Waals surface area contributed by atoms with Crippen molar-refractivity contribution in [1.82, 2.24) is 4.57 Å². The maximum absolute atomic E-state index is 6.70. The lowest BCUT2D eigenvalue weighted by Crippen LogP contribution is -2.10. The average molecular weight is 703 g/mol. The molecule has 0 radical (unpaired) electrons. The van der Waals surface area contributed by atoms with Gasteiger partial charge in [0.05, 0.1) is 22.1 Å². The van der Waals surface area contributed by atoms with Crippen LogP contribution in [0.25, 0.3) is 82.5 Å². The summed E-state index contributed by atoms with van der Waals surface area (Å²) in [5, 5.41) is 6.92. The van der Waals surface area contributed by atoms with Crippen molar-refractivity contribution in [2.45, 2.75) is 0 Å². The molecule has 55 heavy (non-hydrogen) atoms. The average Bonchev–Trinajstić information content (AvgIpc) is 3.81. The fourth-order valence-electron chi connectivity index (χ4n) is 8.39. The third kappa shape index (κ3) is 5.13. The first-order valence-electron chi connectivity index (χ1n) is 18.8. The summed E-state index contributed by atoms with van der Waals surface area (Å²) in [5.74, 6) is 0. The zero-order chi connectivity index (χ0) is 36.3. The van der Waals surface area contributed by atoms with E-state index in [4.69, 9.17) is 4.42 Å². The van der Waals surface area contributed by atoms with Crippen molar-refractivity contribution in [2.75, 3.05) is 4.90 Å². The fraction of sp³-hybridized carbons (Fsp3) is 0. The Morgan fingerprint density at radius 3 is 1.73 bits per heavy atom. The highest BCUT2D eigenvalue weighted by molar-refractivity contribution is 6.20. The molecule has 0 saturated carbocycles. The summed E-state index contributed by atoms with van der Waals surface area (Å²) in [5.41, 5.74) is 13.2. The number of benzene rings is 9. The van der Waals surface area contributed by atoms with Crippen LogP contribution in [0.4, 0.5) is 17.1 Å². The molecule has 0 aliphatic carbocycles. The first kappa shape index (κ1) is 31.2. The van der Waals surface area contributed by atoms with Crippen LogP contribution in [0.3, 0.4) is 0 Å². The van der Waals surface area contributed by atoms with Crippen molar-refractivity contribution < 1.29 is 4.42 Å². The molecule has 0 saturated heterocycles. The first-order chi connectivity index (χ1) is 27.3. The molecule has 0 bridgehead atoms. The van der Waals surface area contributed by atoms with Gasteiger partial charge in [-0.05, 0) is 88.3 Å². The second kappa shape index (κ2) is 12.6. The number of furan rings is 1. The number of rotatable bonds is 6. The van der Waals surface area contributed by atoms with Gasteiger partial charge < -0.3 is 13.9 Å². The van der Waals surface area contributed by atoms with Crippen molar-refractivity contribution in [3.05, 3.63) is 206 Å². The smallest absolute Gasteiger partial charge is 0.143 e. The molecule has 258 valence electrons. The Labute approximate surface area is 318 Å². The van der Waals surface area contributed by atoms with Crippen molar-refractivity contribution in [3.63, 3.8) is 0 Å². The molecule has 0 spiro atoms. The number of nitrogens with zero attached hydrogens (tertiary/aromatic N) is 2. The normalized spacial score (nSPS) is 11.6. The molecule has 0 N–H and O–H groups in total. The zero-order valence-corrected chi connectivity index (χ0v) is 29.9. The van der Waals surface area contributed by atoms with E-state index in [2.05, 4.69) is 216 Å². The Morgan fingerprint density at radius 2 is 0.964 bits per heavy atom. The molecule has 0 atom stereocenters. The highest BCUT2D eigenvalue weighted by Gasteiger charge is 2.22.